The Morgan fingerprint density at radius 2 is 1.65 bits per heavy atom. The number of ether oxygens (including phenoxy) is 1. The average Bonchev–Trinajstić information content (AvgIpc) is 2.60. The van der Waals surface area contributed by atoms with E-state index in [9.17, 15) is 9.59 Å². The summed E-state index contributed by atoms with van der Waals surface area (Å²) in [6.45, 7) is 6.19. The second-order valence-corrected chi connectivity index (χ2v) is 6.54. The Bertz CT molecular complexity index is 739. The smallest absolute Gasteiger partial charge is 0.226 e. The predicted molar refractivity (Wildman–Crippen MR) is 104 cm³/mol. The molecule has 0 saturated heterocycles. The summed E-state index contributed by atoms with van der Waals surface area (Å²) in [6, 6.07) is 14.9. The largest absolute Gasteiger partial charge is 0.494 e. The summed E-state index contributed by atoms with van der Waals surface area (Å²) >= 11 is 0. The molecule has 0 aliphatic carbocycles. The second-order valence-electron chi connectivity index (χ2n) is 6.54. The molecule has 0 unspecified atom stereocenters. The van der Waals surface area contributed by atoms with Crippen LogP contribution in [-0.4, -0.2) is 18.4 Å². The maximum absolute atomic E-state index is 12.0. The first-order valence-corrected chi connectivity index (χ1v) is 8.84. The standard InChI is InChI=1S/C21H26N2O3/c1-15(2)21(25)23-18-11-9-17(10-12-18)22-20(24)8-5-13-26-19-7-4-6-16(3)14-19/h4,6-7,9-12,14-15H,5,8,13H2,1-3H3,(H,22,24)(H,23,25). The summed E-state index contributed by atoms with van der Waals surface area (Å²) in [5.74, 6) is 0.660. The van der Waals surface area contributed by atoms with Gasteiger partial charge in [-0.25, -0.2) is 0 Å². The normalized spacial score (nSPS) is 10.5. The molecule has 0 bridgehead atoms. The quantitative estimate of drug-likeness (QED) is 0.691. The van der Waals surface area contributed by atoms with Gasteiger partial charge in [0.2, 0.25) is 11.8 Å². The van der Waals surface area contributed by atoms with Crippen LogP contribution in [-0.2, 0) is 9.59 Å². The number of hydrogen-bond donors (Lipinski definition) is 2. The Balaban J connectivity index is 1.71. The van der Waals surface area contributed by atoms with Crippen molar-refractivity contribution in [1.29, 1.82) is 0 Å². The van der Waals surface area contributed by atoms with Crippen molar-refractivity contribution in [2.24, 2.45) is 5.92 Å². The van der Waals surface area contributed by atoms with E-state index < -0.39 is 0 Å². The number of anilines is 2. The van der Waals surface area contributed by atoms with Gasteiger partial charge in [0.05, 0.1) is 6.61 Å². The molecule has 0 aliphatic heterocycles. The van der Waals surface area contributed by atoms with E-state index in [4.69, 9.17) is 4.74 Å². The minimum absolute atomic E-state index is 0.0320. The minimum atomic E-state index is -0.0728. The fourth-order valence-electron chi connectivity index (χ4n) is 2.27. The van der Waals surface area contributed by atoms with Crippen molar-refractivity contribution >= 4 is 23.2 Å². The van der Waals surface area contributed by atoms with E-state index in [2.05, 4.69) is 10.6 Å². The van der Waals surface area contributed by atoms with Crippen LogP contribution in [0.2, 0.25) is 0 Å². The van der Waals surface area contributed by atoms with Crippen LogP contribution in [0.3, 0.4) is 0 Å². The molecule has 0 heterocycles. The molecule has 0 fully saturated rings. The van der Waals surface area contributed by atoms with Crippen LogP contribution < -0.4 is 15.4 Å². The number of rotatable bonds is 8. The summed E-state index contributed by atoms with van der Waals surface area (Å²) in [5, 5.41) is 5.66. The summed E-state index contributed by atoms with van der Waals surface area (Å²) in [7, 11) is 0. The molecule has 0 atom stereocenters. The lowest BCUT2D eigenvalue weighted by atomic mass is 10.2. The van der Waals surface area contributed by atoms with Crippen LogP contribution >= 0.6 is 0 Å². The lowest BCUT2D eigenvalue weighted by Crippen LogP contribution is -2.17. The van der Waals surface area contributed by atoms with Gasteiger partial charge in [0, 0.05) is 23.7 Å². The van der Waals surface area contributed by atoms with Crippen molar-refractivity contribution in [3.05, 3.63) is 54.1 Å². The SMILES string of the molecule is Cc1cccc(OCCCC(=O)Nc2ccc(NC(=O)C(C)C)cc2)c1. The van der Waals surface area contributed by atoms with Crippen LogP contribution in [0.1, 0.15) is 32.3 Å². The molecule has 2 rings (SSSR count). The van der Waals surface area contributed by atoms with Gasteiger partial charge in [-0.15, -0.1) is 0 Å². The maximum atomic E-state index is 12.0. The molecule has 2 amide bonds. The molecule has 0 aromatic heterocycles. The summed E-state index contributed by atoms with van der Waals surface area (Å²) in [4.78, 5) is 23.6. The maximum Gasteiger partial charge on any atom is 0.226 e. The number of amides is 2. The van der Waals surface area contributed by atoms with E-state index in [1.54, 1.807) is 24.3 Å². The highest BCUT2D eigenvalue weighted by atomic mass is 16.5. The Labute approximate surface area is 154 Å². The molecule has 2 aromatic rings. The highest BCUT2D eigenvalue weighted by molar-refractivity contribution is 5.93. The fraction of sp³-hybridized carbons (Fsp3) is 0.333. The molecule has 0 spiro atoms. The van der Waals surface area contributed by atoms with Crippen LogP contribution in [0, 0.1) is 12.8 Å². The Kier molecular flexibility index (Phi) is 7.21. The number of hydrogen-bond acceptors (Lipinski definition) is 3. The first-order valence-electron chi connectivity index (χ1n) is 8.84. The van der Waals surface area contributed by atoms with Gasteiger partial charge in [-0.3, -0.25) is 9.59 Å². The van der Waals surface area contributed by atoms with Gasteiger partial charge >= 0.3 is 0 Å². The molecule has 138 valence electrons. The zero-order valence-electron chi connectivity index (χ0n) is 15.5. The molecule has 0 radical (unpaired) electrons. The third-order valence-electron chi connectivity index (χ3n) is 3.77. The van der Waals surface area contributed by atoms with Gasteiger partial charge < -0.3 is 15.4 Å². The van der Waals surface area contributed by atoms with E-state index in [0.29, 0.717) is 30.8 Å². The van der Waals surface area contributed by atoms with E-state index in [-0.39, 0.29) is 17.7 Å². The number of benzene rings is 2. The molecule has 5 nitrogen and oxygen atoms in total. The highest BCUT2D eigenvalue weighted by Crippen LogP contribution is 2.15. The molecule has 0 aliphatic rings. The first kappa shape index (κ1) is 19.5. The van der Waals surface area contributed by atoms with Crippen molar-refractivity contribution in [2.75, 3.05) is 17.2 Å². The van der Waals surface area contributed by atoms with Crippen molar-refractivity contribution < 1.29 is 14.3 Å². The third kappa shape index (κ3) is 6.59. The highest BCUT2D eigenvalue weighted by Gasteiger charge is 2.07. The van der Waals surface area contributed by atoms with Crippen molar-refractivity contribution in [1.82, 2.24) is 0 Å². The molecular formula is C21H26N2O3. The lowest BCUT2D eigenvalue weighted by molar-refractivity contribution is -0.119. The van der Waals surface area contributed by atoms with Crippen LogP contribution in [0.25, 0.3) is 0 Å². The van der Waals surface area contributed by atoms with E-state index in [1.165, 1.54) is 0 Å². The van der Waals surface area contributed by atoms with Gasteiger partial charge in [-0.1, -0.05) is 26.0 Å². The van der Waals surface area contributed by atoms with Gasteiger partial charge in [-0.05, 0) is 55.3 Å². The molecule has 2 aromatic carbocycles. The predicted octanol–water partition coefficient (Wildman–Crippen LogP) is 4.39. The summed E-state index contributed by atoms with van der Waals surface area (Å²) in [6.07, 6.45) is 1.03. The molecule has 2 N–H and O–H groups in total. The summed E-state index contributed by atoms with van der Waals surface area (Å²) < 4.78 is 5.64. The number of carbonyl (C=O) groups excluding carboxylic acids is 2. The van der Waals surface area contributed by atoms with Crippen LogP contribution in [0.15, 0.2) is 48.5 Å². The lowest BCUT2D eigenvalue weighted by Gasteiger charge is -2.10. The second kappa shape index (κ2) is 9.61. The number of carbonyl (C=O) groups is 2. The van der Waals surface area contributed by atoms with Crippen molar-refractivity contribution in [2.45, 2.75) is 33.6 Å². The van der Waals surface area contributed by atoms with Crippen molar-refractivity contribution in [3.63, 3.8) is 0 Å². The zero-order chi connectivity index (χ0) is 18.9. The van der Waals surface area contributed by atoms with Gasteiger partial charge in [0.1, 0.15) is 5.75 Å². The molecule has 5 heteroatoms. The third-order valence-corrected chi connectivity index (χ3v) is 3.77. The first-order chi connectivity index (χ1) is 12.4. The van der Waals surface area contributed by atoms with E-state index >= 15 is 0 Å². The minimum Gasteiger partial charge on any atom is -0.494 e. The monoisotopic (exact) mass is 354 g/mol. The van der Waals surface area contributed by atoms with Gasteiger partial charge in [0.25, 0.3) is 0 Å². The number of aryl methyl sites for hydroxylation is 1. The summed E-state index contributed by atoms with van der Waals surface area (Å²) in [5.41, 5.74) is 2.57. The van der Waals surface area contributed by atoms with Gasteiger partial charge in [0.15, 0.2) is 0 Å². The van der Waals surface area contributed by atoms with E-state index in [1.807, 2.05) is 45.0 Å². The molecule has 0 saturated carbocycles. The topological polar surface area (TPSA) is 67.4 Å². The molecule has 26 heavy (non-hydrogen) atoms. The Morgan fingerprint density at radius 3 is 2.27 bits per heavy atom. The zero-order valence-corrected chi connectivity index (χ0v) is 15.5. The average molecular weight is 354 g/mol. The van der Waals surface area contributed by atoms with Gasteiger partial charge in [-0.2, -0.15) is 0 Å². The van der Waals surface area contributed by atoms with E-state index in [0.717, 1.165) is 11.3 Å². The Morgan fingerprint density at radius 1 is 1.00 bits per heavy atom. The Hall–Kier alpha value is -2.82. The van der Waals surface area contributed by atoms with Crippen LogP contribution in [0.4, 0.5) is 11.4 Å². The van der Waals surface area contributed by atoms with Crippen molar-refractivity contribution in [3.8, 4) is 5.75 Å². The fourth-order valence-corrected chi connectivity index (χ4v) is 2.27. The number of nitrogens with one attached hydrogen (secondary N) is 2. The van der Waals surface area contributed by atoms with Crippen LogP contribution in [0.5, 0.6) is 5.75 Å². The molecular weight excluding hydrogens is 328 g/mol.